The van der Waals surface area contributed by atoms with Crippen LogP contribution in [0.3, 0.4) is 0 Å². The molecule has 0 bridgehead atoms. The van der Waals surface area contributed by atoms with E-state index in [2.05, 4.69) is 29.1 Å². The average Bonchev–Trinajstić information content (AvgIpc) is 2.31. The highest BCUT2D eigenvalue weighted by molar-refractivity contribution is 5.27. The van der Waals surface area contributed by atoms with Gasteiger partial charge in [-0.1, -0.05) is 18.2 Å². The van der Waals surface area contributed by atoms with E-state index in [1.165, 1.54) is 5.56 Å². The van der Waals surface area contributed by atoms with Gasteiger partial charge in [-0.3, -0.25) is 0 Å². The van der Waals surface area contributed by atoms with Gasteiger partial charge in [0.1, 0.15) is 5.75 Å². The van der Waals surface area contributed by atoms with Crippen LogP contribution in [0.5, 0.6) is 5.75 Å². The number of halogens is 1. The number of hydrogen-bond donors (Lipinski definition) is 0. The number of aromatic nitrogens is 1. The van der Waals surface area contributed by atoms with Gasteiger partial charge in [0.05, 0.1) is 7.11 Å². The zero-order chi connectivity index (χ0) is 10.5. The molecule has 0 saturated heterocycles. The second-order valence-electron chi connectivity index (χ2n) is 3.40. The van der Waals surface area contributed by atoms with Crippen LogP contribution in [0, 0.1) is 0 Å². The van der Waals surface area contributed by atoms with Gasteiger partial charge in [-0.2, -0.15) is 0 Å². The van der Waals surface area contributed by atoms with Crippen molar-refractivity contribution in [1.82, 2.24) is 0 Å². The molecular weight excluding hydrogens is 222 g/mol. The fourth-order valence-electron chi connectivity index (χ4n) is 1.52. The highest BCUT2D eigenvalue weighted by Gasteiger charge is 2.01. The third-order valence-electron chi connectivity index (χ3n) is 2.28. The zero-order valence-corrected chi connectivity index (χ0v) is 9.89. The lowest BCUT2D eigenvalue weighted by atomic mass is 10.2. The Labute approximate surface area is 102 Å². The summed E-state index contributed by atoms with van der Waals surface area (Å²) in [6.45, 7) is 0.873. The summed E-state index contributed by atoms with van der Waals surface area (Å²) >= 11 is 0. The number of methoxy groups -OCH3 is 1. The van der Waals surface area contributed by atoms with E-state index in [9.17, 15) is 0 Å². The van der Waals surface area contributed by atoms with Crippen LogP contribution < -0.4 is 21.7 Å². The molecule has 2 aromatic rings. The molecule has 3 heteroatoms. The molecule has 0 fully saturated rings. The van der Waals surface area contributed by atoms with Crippen molar-refractivity contribution < 1.29 is 21.7 Å². The highest BCUT2D eigenvalue weighted by Crippen LogP contribution is 2.11. The van der Waals surface area contributed by atoms with E-state index in [0.717, 1.165) is 12.3 Å². The van der Waals surface area contributed by atoms with Crippen LogP contribution in [-0.4, -0.2) is 7.11 Å². The molecule has 0 aliphatic carbocycles. The molecule has 0 atom stereocenters. The van der Waals surface area contributed by atoms with Crippen LogP contribution in [0.4, 0.5) is 0 Å². The summed E-state index contributed by atoms with van der Waals surface area (Å²) in [5.41, 5.74) is 1.24. The molecule has 0 N–H and O–H groups in total. The quantitative estimate of drug-likeness (QED) is 0.625. The Bertz CT molecular complexity index is 431. The largest absolute Gasteiger partial charge is 1.00 e. The van der Waals surface area contributed by atoms with E-state index in [4.69, 9.17) is 4.74 Å². The van der Waals surface area contributed by atoms with Crippen LogP contribution in [0.2, 0.25) is 0 Å². The summed E-state index contributed by atoms with van der Waals surface area (Å²) in [6, 6.07) is 14.2. The fourth-order valence-corrected chi connectivity index (χ4v) is 1.52. The number of rotatable bonds is 3. The highest BCUT2D eigenvalue weighted by atomic mass is 35.5. The molecule has 2 rings (SSSR count). The van der Waals surface area contributed by atoms with Gasteiger partial charge >= 0.3 is 0 Å². The first-order valence-electron chi connectivity index (χ1n) is 4.95. The summed E-state index contributed by atoms with van der Waals surface area (Å²) in [5, 5.41) is 0. The monoisotopic (exact) mass is 235 g/mol. The Hall–Kier alpha value is -1.54. The standard InChI is InChI=1S/C13H14NO.ClH/c1-15-13-7-5-6-12(10-13)11-14-8-3-2-4-9-14;/h2-10H,11H2,1H3;1H/q+1;/p-1. The summed E-state index contributed by atoms with van der Waals surface area (Å²) in [5.74, 6) is 0.907. The summed E-state index contributed by atoms with van der Waals surface area (Å²) < 4.78 is 7.32. The minimum absolute atomic E-state index is 0. The first-order chi connectivity index (χ1) is 7.38. The molecule has 0 spiro atoms. The summed E-state index contributed by atoms with van der Waals surface area (Å²) in [7, 11) is 1.69. The van der Waals surface area contributed by atoms with Crippen LogP contribution in [0.1, 0.15) is 5.56 Å². The Kier molecular flexibility index (Phi) is 4.80. The van der Waals surface area contributed by atoms with Crippen molar-refractivity contribution in [3.8, 4) is 5.75 Å². The minimum Gasteiger partial charge on any atom is -1.00 e. The second kappa shape index (κ2) is 6.13. The zero-order valence-electron chi connectivity index (χ0n) is 9.14. The van der Waals surface area contributed by atoms with Crippen LogP contribution >= 0.6 is 0 Å². The van der Waals surface area contributed by atoms with Crippen molar-refractivity contribution >= 4 is 0 Å². The number of ether oxygens (including phenoxy) is 1. The maximum Gasteiger partial charge on any atom is 0.173 e. The van der Waals surface area contributed by atoms with E-state index in [-0.39, 0.29) is 12.4 Å². The SMILES string of the molecule is COc1cccc(C[n+]2ccccc2)c1.[Cl-]. The van der Waals surface area contributed by atoms with Crippen molar-refractivity contribution in [3.05, 3.63) is 60.4 Å². The molecule has 2 nitrogen and oxygen atoms in total. The Morgan fingerprint density at radius 2 is 1.81 bits per heavy atom. The van der Waals surface area contributed by atoms with Gasteiger partial charge in [-0.25, -0.2) is 4.57 Å². The first kappa shape index (κ1) is 12.5. The van der Waals surface area contributed by atoms with Gasteiger partial charge in [0.2, 0.25) is 0 Å². The predicted molar refractivity (Wildman–Crippen MR) is 58.7 cm³/mol. The molecular formula is C13H14ClNO. The molecule has 84 valence electrons. The second-order valence-corrected chi connectivity index (χ2v) is 3.40. The topological polar surface area (TPSA) is 13.1 Å². The van der Waals surface area contributed by atoms with Gasteiger partial charge in [0.15, 0.2) is 18.9 Å². The molecule has 0 radical (unpaired) electrons. The Morgan fingerprint density at radius 1 is 1.06 bits per heavy atom. The van der Waals surface area contributed by atoms with Gasteiger partial charge in [-0.15, -0.1) is 0 Å². The summed E-state index contributed by atoms with van der Waals surface area (Å²) in [4.78, 5) is 0. The van der Waals surface area contributed by atoms with E-state index in [1.807, 2.05) is 30.3 Å². The van der Waals surface area contributed by atoms with Gasteiger partial charge in [-0.05, 0) is 12.1 Å². The normalized spacial score (nSPS) is 9.31. The van der Waals surface area contributed by atoms with Crippen LogP contribution in [-0.2, 0) is 6.54 Å². The van der Waals surface area contributed by atoms with E-state index in [0.29, 0.717) is 0 Å². The third-order valence-corrected chi connectivity index (χ3v) is 2.28. The number of pyridine rings is 1. The maximum absolute atomic E-state index is 5.18. The van der Waals surface area contributed by atoms with E-state index >= 15 is 0 Å². The van der Waals surface area contributed by atoms with Crippen molar-refractivity contribution in [2.75, 3.05) is 7.11 Å². The van der Waals surface area contributed by atoms with Crippen molar-refractivity contribution in [3.63, 3.8) is 0 Å². The fraction of sp³-hybridized carbons (Fsp3) is 0.154. The van der Waals surface area contributed by atoms with Crippen molar-refractivity contribution in [2.45, 2.75) is 6.54 Å². The maximum atomic E-state index is 5.18. The Balaban J connectivity index is 0.00000128. The van der Waals surface area contributed by atoms with Gasteiger partial charge in [0, 0.05) is 17.7 Å². The molecule has 0 aliphatic heterocycles. The third kappa shape index (κ3) is 3.24. The molecule has 1 aromatic heterocycles. The lowest BCUT2D eigenvalue weighted by Crippen LogP contribution is -3.00. The first-order valence-corrected chi connectivity index (χ1v) is 4.95. The van der Waals surface area contributed by atoms with Crippen molar-refractivity contribution in [2.24, 2.45) is 0 Å². The van der Waals surface area contributed by atoms with E-state index < -0.39 is 0 Å². The molecule has 16 heavy (non-hydrogen) atoms. The minimum atomic E-state index is 0. The molecule has 1 aromatic carbocycles. The van der Waals surface area contributed by atoms with Crippen LogP contribution in [0.15, 0.2) is 54.9 Å². The van der Waals surface area contributed by atoms with Crippen molar-refractivity contribution in [1.29, 1.82) is 0 Å². The van der Waals surface area contributed by atoms with E-state index in [1.54, 1.807) is 7.11 Å². The lowest BCUT2D eigenvalue weighted by Gasteiger charge is -2.01. The number of nitrogens with zero attached hydrogens (tertiary/aromatic N) is 1. The Morgan fingerprint density at radius 3 is 2.50 bits per heavy atom. The lowest BCUT2D eigenvalue weighted by molar-refractivity contribution is -0.688. The molecule has 0 unspecified atom stereocenters. The molecule has 1 heterocycles. The predicted octanol–water partition coefficient (Wildman–Crippen LogP) is -0.965. The number of hydrogen-bond acceptors (Lipinski definition) is 1. The van der Waals surface area contributed by atoms with Gasteiger partial charge in [0.25, 0.3) is 0 Å². The molecule has 0 aliphatic rings. The smallest absolute Gasteiger partial charge is 0.173 e. The number of benzene rings is 1. The average molecular weight is 236 g/mol. The molecule has 0 saturated carbocycles. The molecule has 0 amide bonds. The summed E-state index contributed by atoms with van der Waals surface area (Å²) in [6.07, 6.45) is 4.11. The van der Waals surface area contributed by atoms with Gasteiger partial charge < -0.3 is 17.1 Å². The van der Waals surface area contributed by atoms with Crippen LogP contribution in [0.25, 0.3) is 0 Å².